The molecule has 158 valence electrons. The molecule has 31 heavy (non-hydrogen) atoms. The summed E-state index contributed by atoms with van der Waals surface area (Å²) >= 11 is 0. The van der Waals surface area contributed by atoms with E-state index in [1.807, 2.05) is 24.3 Å². The monoisotopic (exact) mass is 420 g/mol. The lowest BCUT2D eigenvalue weighted by Crippen LogP contribution is -2.18. The molecule has 3 heterocycles. The summed E-state index contributed by atoms with van der Waals surface area (Å²) < 4.78 is 26.1. The second kappa shape index (κ2) is 7.96. The highest BCUT2D eigenvalue weighted by molar-refractivity contribution is 6.08. The van der Waals surface area contributed by atoms with E-state index in [-0.39, 0.29) is 29.9 Å². The number of aromatic nitrogens is 3. The van der Waals surface area contributed by atoms with Crippen LogP contribution in [0.15, 0.2) is 48.5 Å². The van der Waals surface area contributed by atoms with Crippen LogP contribution < -0.4 is 5.73 Å². The van der Waals surface area contributed by atoms with Gasteiger partial charge in [-0.3, -0.25) is 0 Å². The van der Waals surface area contributed by atoms with Crippen LogP contribution in [0.2, 0.25) is 0 Å². The lowest BCUT2D eigenvalue weighted by Gasteiger charge is -2.10. The maximum absolute atomic E-state index is 13.3. The summed E-state index contributed by atoms with van der Waals surface area (Å²) in [5, 5.41) is 0. The van der Waals surface area contributed by atoms with E-state index in [0.717, 1.165) is 18.4 Å². The largest absolute Gasteiger partial charge is 0.459 e. The lowest BCUT2D eigenvalue weighted by atomic mass is 10.2. The number of para-hydroxylation sites is 2. The second-order valence-electron chi connectivity index (χ2n) is 7.59. The molecule has 4 aromatic rings. The number of nitrogen functional groups attached to an aromatic ring is 1. The topological polar surface area (TPSA) is 92.3 Å². The van der Waals surface area contributed by atoms with Crippen molar-refractivity contribution in [3.63, 3.8) is 0 Å². The Morgan fingerprint density at radius 1 is 1.16 bits per heavy atom. The predicted molar refractivity (Wildman–Crippen MR) is 114 cm³/mol. The summed E-state index contributed by atoms with van der Waals surface area (Å²) in [5.74, 6) is -0.661. The maximum atomic E-state index is 13.3. The minimum atomic E-state index is -0.555. The highest BCUT2D eigenvalue weighted by Gasteiger charge is 2.26. The van der Waals surface area contributed by atoms with Crippen LogP contribution in [0.3, 0.4) is 0 Å². The zero-order valence-corrected chi connectivity index (χ0v) is 16.8. The van der Waals surface area contributed by atoms with Gasteiger partial charge in [-0.25, -0.2) is 19.2 Å². The summed E-state index contributed by atoms with van der Waals surface area (Å²) in [7, 11) is 0. The van der Waals surface area contributed by atoms with Crippen molar-refractivity contribution < 1.29 is 18.7 Å². The number of fused-ring (bicyclic) bond motifs is 2. The molecule has 1 unspecified atom stereocenters. The summed E-state index contributed by atoms with van der Waals surface area (Å²) in [4.78, 5) is 22.4. The summed E-state index contributed by atoms with van der Waals surface area (Å²) in [6.07, 6.45) is 1.72. The van der Waals surface area contributed by atoms with Crippen molar-refractivity contribution in [1.29, 1.82) is 0 Å². The molecule has 1 saturated heterocycles. The van der Waals surface area contributed by atoms with Gasteiger partial charge in [-0.1, -0.05) is 24.3 Å². The fourth-order valence-electron chi connectivity index (χ4n) is 3.87. The fourth-order valence-corrected chi connectivity index (χ4v) is 3.87. The van der Waals surface area contributed by atoms with Gasteiger partial charge in [0.1, 0.15) is 29.3 Å². The van der Waals surface area contributed by atoms with E-state index in [2.05, 4.69) is 4.98 Å². The number of benzene rings is 2. The summed E-state index contributed by atoms with van der Waals surface area (Å²) in [5.41, 5.74) is 9.63. The molecule has 8 heteroatoms. The van der Waals surface area contributed by atoms with Gasteiger partial charge in [0.15, 0.2) is 5.65 Å². The van der Waals surface area contributed by atoms with Gasteiger partial charge in [0.05, 0.1) is 23.7 Å². The van der Waals surface area contributed by atoms with Gasteiger partial charge < -0.3 is 19.8 Å². The molecule has 0 bridgehead atoms. The summed E-state index contributed by atoms with van der Waals surface area (Å²) in [6.45, 7) is 1.16. The van der Waals surface area contributed by atoms with Crippen molar-refractivity contribution in [3.05, 3.63) is 65.5 Å². The summed E-state index contributed by atoms with van der Waals surface area (Å²) in [6, 6.07) is 13.5. The van der Waals surface area contributed by atoms with E-state index in [0.29, 0.717) is 35.3 Å². The van der Waals surface area contributed by atoms with Gasteiger partial charge in [0, 0.05) is 6.61 Å². The molecule has 0 amide bonds. The van der Waals surface area contributed by atoms with Gasteiger partial charge in [0.25, 0.3) is 0 Å². The standard InChI is InChI=1S/C23H21FN4O3/c24-15-9-7-14(8-10-15)12-28-21(25)19(23(29)31-13-16-4-3-11-30-16)20-22(28)27-18-6-2-1-5-17(18)26-20/h1-2,5-10,16H,3-4,11-13,25H2. The highest BCUT2D eigenvalue weighted by atomic mass is 19.1. The lowest BCUT2D eigenvalue weighted by molar-refractivity contribution is 0.0163. The Balaban J connectivity index is 1.59. The third-order valence-electron chi connectivity index (χ3n) is 5.47. The first-order valence-electron chi connectivity index (χ1n) is 10.2. The molecule has 2 aromatic carbocycles. The molecular weight excluding hydrogens is 399 g/mol. The molecule has 0 saturated carbocycles. The molecule has 1 aliphatic rings. The molecule has 0 aliphatic carbocycles. The molecule has 1 fully saturated rings. The molecule has 0 spiro atoms. The Hall–Kier alpha value is -3.52. The first kappa shape index (κ1) is 19.4. The van der Waals surface area contributed by atoms with E-state index >= 15 is 0 Å². The highest BCUT2D eigenvalue weighted by Crippen LogP contribution is 2.29. The number of rotatable bonds is 5. The molecule has 7 nitrogen and oxygen atoms in total. The number of hydrogen-bond acceptors (Lipinski definition) is 6. The van der Waals surface area contributed by atoms with Gasteiger partial charge in [0.2, 0.25) is 0 Å². The fraction of sp³-hybridized carbons (Fsp3) is 0.261. The van der Waals surface area contributed by atoms with Crippen molar-refractivity contribution in [2.24, 2.45) is 0 Å². The van der Waals surface area contributed by atoms with Crippen LogP contribution in [-0.2, 0) is 16.0 Å². The SMILES string of the molecule is Nc1c(C(=O)OCC2CCCO2)c2nc3ccccc3nc2n1Cc1ccc(F)cc1. The van der Waals surface area contributed by atoms with Crippen LogP contribution >= 0.6 is 0 Å². The van der Waals surface area contributed by atoms with E-state index in [1.165, 1.54) is 12.1 Å². The van der Waals surface area contributed by atoms with E-state index in [9.17, 15) is 9.18 Å². The van der Waals surface area contributed by atoms with Gasteiger partial charge in [-0.15, -0.1) is 0 Å². The van der Waals surface area contributed by atoms with E-state index in [4.69, 9.17) is 20.2 Å². The number of halogens is 1. The number of carbonyl (C=O) groups is 1. The molecule has 0 radical (unpaired) electrons. The van der Waals surface area contributed by atoms with E-state index < -0.39 is 5.97 Å². The Labute approximate surface area is 177 Å². The molecule has 5 rings (SSSR count). The zero-order chi connectivity index (χ0) is 21.4. The Morgan fingerprint density at radius 2 is 1.90 bits per heavy atom. The van der Waals surface area contributed by atoms with Crippen LogP contribution in [0.4, 0.5) is 10.2 Å². The molecule has 2 aromatic heterocycles. The number of ether oxygens (including phenoxy) is 2. The van der Waals surface area contributed by atoms with Crippen LogP contribution in [0, 0.1) is 5.82 Å². The van der Waals surface area contributed by atoms with Crippen LogP contribution in [0.5, 0.6) is 0 Å². The Bertz CT molecular complexity index is 1260. The number of carbonyl (C=O) groups excluding carboxylic acids is 1. The van der Waals surface area contributed by atoms with Gasteiger partial charge >= 0.3 is 5.97 Å². The minimum absolute atomic E-state index is 0.0929. The van der Waals surface area contributed by atoms with Crippen LogP contribution in [-0.4, -0.2) is 39.8 Å². The predicted octanol–water partition coefficient (Wildman–Crippen LogP) is 3.69. The van der Waals surface area contributed by atoms with Crippen LogP contribution in [0.1, 0.15) is 28.8 Å². The van der Waals surface area contributed by atoms with Crippen molar-refractivity contribution >= 4 is 34.0 Å². The smallest absolute Gasteiger partial charge is 0.344 e. The van der Waals surface area contributed by atoms with E-state index in [1.54, 1.807) is 16.7 Å². The minimum Gasteiger partial charge on any atom is -0.459 e. The molecule has 1 atom stereocenters. The number of anilines is 1. The normalized spacial score (nSPS) is 16.2. The molecule has 2 N–H and O–H groups in total. The zero-order valence-electron chi connectivity index (χ0n) is 16.8. The maximum Gasteiger partial charge on any atom is 0.344 e. The first-order chi connectivity index (χ1) is 15.1. The first-order valence-corrected chi connectivity index (χ1v) is 10.2. The van der Waals surface area contributed by atoms with Crippen molar-refractivity contribution in [3.8, 4) is 0 Å². The average molecular weight is 420 g/mol. The average Bonchev–Trinajstić information content (AvgIpc) is 3.39. The van der Waals surface area contributed by atoms with Crippen molar-refractivity contribution in [2.75, 3.05) is 18.9 Å². The third-order valence-corrected chi connectivity index (χ3v) is 5.47. The second-order valence-corrected chi connectivity index (χ2v) is 7.59. The third kappa shape index (κ3) is 3.70. The number of esters is 1. The number of hydrogen-bond donors (Lipinski definition) is 1. The van der Waals surface area contributed by atoms with Crippen molar-refractivity contribution in [1.82, 2.24) is 14.5 Å². The molecule has 1 aliphatic heterocycles. The van der Waals surface area contributed by atoms with Gasteiger partial charge in [-0.05, 0) is 42.7 Å². The Morgan fingerprint density at radius 3 is 2.61 bits per heavy atom. The van der Waals surface area contributed by atoms with Gasteiger partial charge in [-0.2, -0.15) is 0 Å². The van der Waals surface area contributed by atoms with Crippen molar-refractivity contribution in [2.45, 2.75) is 25.5 Å². The quantitative estimate of drug-likeness (QED) is 0.495. The molecular formula is C23H21FN4O3. The number of nitrogens with two attached hydrogens (primary N) is 1. The van der Waals surface area contributed by atoms with Crippen LogP contribution in [0.25, 0.3) is 22.2 Å². The number of nitrogens with zero attached hydrogens (tertiary/aromatic N) is 3. The Kier molecular flexibility index (Phi) is 4.99.